The normalized spacial score (nSPS) is 14.7. The maximum atomic E-state index is 13.4. The molecule has 0 bridgehead atoms. The van der Waals surface area contributed by atoms with Crippen molar-refractivity contribution in [3.8, 4) is 11.4 Å². The van der Waals surface area contributed by atoms with Crippen molar-refractivity contribution in [2.75, 3.05) is 39.3 Å². The molecule has 1 fully saturated rings. The number of carbonyl (C=O) groups is 1. The molecule has 2 aromatic carbocycles. The Bertz CT molecular complexity index is 1120. The molecule has 0 atom stereocenters. The summed E-state index contributed by atoms with van der Waals surface area (Å²) in [7, 11) is 0. The summed E-state index contributed by atoms with van der Waals surface area (Å²) in [5.74, 6) is 0.591. The number of ether oxygens (including phenoxy) is 1. The van der Waals surface area contributed by atoms with Crippen LogP contribution in [0.2, 0.25) is 0 Å². The molecule has 7 heteroatoms. The summed E-state index contributed by atoms with van der Waals surface area (Å²) in [6.45, 7) is 8.74. The lowest BCUT2D eigenvalue weighted by atomic mass is 10.1. The van der Waals surface area contributed by atoms with E-state index in [4.69, 9.17) is 4.74 Å². The standard InChI is InChI=1S/C24H28N4O3/c1-3-13-26-14-16-27(17-15-26)24(30)22-20-7-5-6-8-21(20)23(29)28(25-22)18-9-11-19(12-10-18)31-4-2/h5-12H,3-4,13-17H2,1-2H3. The van der Waals surface area contributed by atoms with Gasteiger partial charge in [0.1, 0.15) is 5.75 Å². The molecule has 0 N–H and O–H groups in total. The molecule has 0 spiro atoms. The van der Waals surface area contributed by atoms with Gasteiger partial charge in [-0.1, -0.05) is 25.1 Å². The lowest BCUT2D eigenvalue weighted by Crippen LogP contribution is -2.49. The molecule has 2 heterocycles. The van der Waals surface area contributed by atoms with Crippen LogP contribution in [0.15, 0.2) is 53.3 Å². The van der Waals surface area contributed by atoms with E-state index in [1.807, 2.05) is 24.0 Å². The lowest BCUT2D eigenvalue weighted by molar-refractivity contribution is 0.0632. The Morgan fingerprint density at radius 1 is 0.968 bits per heavy atom. The second kappa shape index (κ2) is 9.31. The zero-order valence-electron chi connectivity index (χ0n) is 18.1. The molecule has 0 saturated carbocycles. The van der Waals surface area contributed by atoms with E-state index >= 15 is 0 Å². The van der Waals surface area contributed by atoms with Gasteiger partial charge >= 0.3 is 0 Å². The molecular formula is C24H28N4O3. The largest absolute Gasteiger partial charge is 0.494 e. The SMILES string of the molecule is CCCN1CCN(C(=O)c2nn(-c3ccc(OCC)cc3)c(=O)c3ccccc23)CC1. The summed E-state index contributed by atoms with van der Waals surface area (Å²) in [5.41, 5.74) is 0.665. The van der Waals surface area contributed by atoms with E-state index in [9.17, 15) is 9.59 Å². The summed E-state index contributed by atoms with van der Waals surface area (Å²) in [6, 6.07) is 14.4. The van der Waals surface area contributed by atoms with Crippen LogP contribution in [0, 0.1) is 0 Å². The second-order valence-electron chi connectivity index (χ2n) is 7.67. The minimum absolute atomic E-state index is 0.132. The third-order valence-corrected chi connectivity index (χ3v) is 5.60. The highest BCUT2D eigenvalue weighted by Crippen LogP contribution is 2.19. The number of carbonyl (C=O) groups excluding carboxylic acids is 1. The van der Waals surface area contributed by atoms with Crippen LogP contribution in [0.25, 0.3) is 16.5 Å². The Balaban J connectivity index is 1.72. The predicted molar refractivity (Wildman–Crippen MR) is 121 cm³/mol. The Morgan fingerprint density at radius 3 is 2.29 bits per heavy atom. The predicted octanol–water partition coefficient (Wildman–Crippen LogP) is 2.95. The number of rotatable bonds is 6. The van der Waals surface area contributed by atoms with Gasteiger partial charge < -0.3 is 9.64 Å². The fourth-order valence-electron chi connectivity index (χ4n) is 4.01. The van der Waals surface area contributed by atoms with Crippen LogP contribution in [0.5, 0.6) is 5.75 Å². The highest BCUT2D eigenvalue weighted by Gasteiger charge is 2.25. The van der Waals surface area contributed by atoms with E-state index in [1.54, 1.807) is 36.4 Å². The lowest BCUT2D eigenvalue weighted by Gasteiger charge is -2.34. The topological polar surface area (TPSA) is 67.7 Å². The van der Waals surface area contributed by atoms with Crippen molar-refractivity contribution in [3.05, 3.63) is 64.6 Å². The minimum atomic E-state index is -0.246. The first-order valence-electron chi connectivity index (χ1n) is 10.9. The Hall–Kier alpha value is -3.19. The molecule has 0 aliphatic carbocycles. The first-order valence-corrected chi connectivity index (χ1v) is 10.9. The van der Waals surface area contributed by atoms with Gasteiger partial charge in [0.15, 0.2) is 5.69 Å². The summed E-state index contributed by atoms with van der Waals surface area (Å²) < 4.78 is 6.81. The maximum absolute atomic E-state index is 13.4. The molecule has 7 nitrogen and oxygen atoms in total. The van der Waals surface area contributed by atoms with Gasteiger partial charge in [0, 0.05) is 31.6 Å². The number of hydrogen-bond acceptors (Lipinski definition) is 5. The van der Waals surface area contributed by atoms with Crippen LogP contribution in [0.4, 0.5) is 0 Å². The minimum Gasteiger partial charge on any atom is -0.494 e. The first-order chi connectivity index (χ1) is 15.1. The van der Waals surface area contributed by atoms with Crippen LogP contribution in [-0.4, -0.2) is 64.8 Å². The highest BCUT2D eigenvalue weighted by atomic mass is 16.5. The number of benzene rings is 2. The van der Waals surface area contributed by atoms with Crippen molar-refractivity contribution in [2.24, 2.45) is 0 Å². The third-order valence-electron chi connectivity index (χ3n) is 5.60. The molecule has 1 aromatic heterocycles. The molecule has 1 amide bonds. The Morgan fingerprint density at radius 2 is 1.65 bits per heavy atom. The smallest absolute Gasteiger partial charge is 0.279 e. The quantitative estimate of drug-likeness (QED) is 0.613. The summed E-state index contributed by atoms with van der Waals surface area (Å²) in [4.78, 5) is 30.8. The Labute approximate surface area is 181 Å². The molecule has 31 heavy (non-hydrogen) atoms. The van der Waals surface area contributed by atoms with Crippen molar-refractivity contribution in [3.63, 3.8) is 0 Å². The number of aromatic nitrogens is 2. The van der Waals surface area contributed by atoms with Crippen LogP contribution in [0.1, 0.15) is 30.8 Å². The summed E-state index contributed by atoms with van der Waals surface area (Å²) >= 11 is 0. The van der Waals surface area contributed by atoms with E-state index in [2.05, 4.69) is 16.9 Å². The molecule has 0 unspecified atom stereocenters. The molecule has 162 valence electrons. The van der Waals surface area contributed by atoms with Crippen LogP contribution in [-0.2, 0) is 0 Å². The fourth-order valence-corrected chi connectivity index (χ4v) is 4.01. The van der Waals surface area contributed by atoms with Crippen molar-refractivity contribution in [1.29, 1.82) is 0 Å². The summed E-state index contributed by atoms with van der Waals surface area (Å²) in [6.07, 6.45) is 1.10. The van der Waals surface area contributed by atoms with Gasteiger partial charge in [0.05, 0.1) is 17.7 Å². The van der Waals surface area contributed by atoms with Gasteiger partial charge in [0.25, 0.3) is 11.5 Å². The van der Waals surface area contributed by atoms with Gasteiger partial charge in [0.2, 0.25) is 0 Å². The van der Waals surface area contributed by atoms with Crippen LogP contribution >= 0.6 is 0 Å². The maximum Gasteiger partial charge on any atom is 0.279 e. The second-order valence-corrected chi connectivity index (χ2v) is 7.67. The number of amides is 1. The molecule has 1 aliphatic rings. The Kier molecular flexibility index (Phi) is 6.32. The van der Waals surface area contributed by atoms with Crippen LogP contribution in [0.3, 0.4) is 0 Å². The van der Waals surface area contributed by atoms with Crippen molar-refractivity contribution in [2.45, 2.75) is 20.3 Å². The number of piperazine rings is 1. The first kappa shape index (κ1) is 21.1. The van der Waals surface area contributed by atoms with E-state index in [0.29, 0.717) is 41.9 Å². The van der Waals surface area contributed by atoms with Crippen LogP contribution < -0.4 is 10.3 Å². The number of hydrogen-bond donors (Lipinski definition) is 0. The van der Waals surface area contributed by atoms with Crippen molar-refractivity contribution < 1.29 is 9.53 Å². The molecule has 3 aromatic rings. The molecular weight excluding hydrogens is 392 g/mol. The molecule has 4 rings (SSSR count). The van der Waals surface area contributed by atoms with Gasteiger partial charge in [-0.2, -0.15) is 9.78 Å². The zero-order valence-corrected chi connectivity index (χ0v) is 18.1. The average Bonchev–Trinajstić information content (AvgIpc) is 2.81. The molecule has 0 radical (unpaired) electrons. The number of nitrogens with zero attached hydrogens (tertiary/aromatic N) is 4. The fraction of sp³-hybridized carbons (Fsp3) is 0.375. The van der Waals surface area contributed by atoms with Crippen molar-refractivity contribution in [1.82, 2.24) is 19.6 Å². The van der Waals surface area contributed by atoms with Gasteiger partial charge in [-0.05, 0) is 50.2 Å². The highest BCUT2D eigenvalue weighted by molar-refractivity contribution is 6.04. The average molecular weight is 421 g/mol. The monoisotopic (exact) mass is 420 g/mol. The summed E-state index contributed by atoms with van der Waals surface area (Å²) in [5, 5.41) is 5.61. The molecule has 1 aliphatic heterocycles. The molecule has 1 saturated heterocycles. The van der Waals surface area contributed by atoms with Gasteiger partial charge in [-0.25, -0.2) is 0 Å². The zero-order chi connectivity index (χ0) is 21.8. The van der Waals surface area contributed by atoms with Gasteiger partial charge in [-0.3, -0.25) is 14.5 Å². The third kappa shape index (κ3) is 4.32. The van der Waals surface area contributed by atoms with E-state index in [1.165, 1.54) is 4.68 Å². The van der Waals surface area contributed by atoms with Gasteiger partial charge in [-0.15, -0.1) is 0 Å². The van der Waals surface area contributed by atoms with E-state index < -0.39 is 0 Å². The number of fused-ring (bicyclic) bond motifs is 1. The van der Waals surface area contributed by atoms with E-state index in [-0.39, 0.29) is 11.5 Å². The van der Waals surface area contributed by atoms with Crippen molar-refractivity contribution >= 4 is 16.7 Å². The van der Waals surface area contributed by atoms with E-state index in [0.717, 1.165) is 31.8 Å².